The summed E-state index contributed by atoms with van der Waals surface area (Å²) in [5.41, 5.74) is 2.07. The van der Waals surface area contributed by atoms with Gasteiger partial charge in [-0.05, 0) is 36.6 Å². The number of aromatic hydroxyl groups is 1. The number of hydrogen-bond acceptors (Lipinski definition) is 2. The van der Waals surface area contributed by atoms with Crippen molar-refractivity contribution >= 4 is 0 Å². The Bertz CT molecular complexity index is 605. The molecule has 0 unspecified atom stereocenters. The summed E-state index contributed by atoms with van der Waals surface area (Å²) in [6.45, 7) is 1.52. The molecule has 22 heavy (non-hydrogen) atoms. The SMILES string of the molecule is Oc1ccccc1CN(Cc1ccc(F)cc1)C1CCCC1. The third-order valence-corrected chi connectivity index (χ3v) is 4.51. The fraction of sp³-hybridized carbons (Fsp3) is 0.368. The van der Waals surface area contributed by atoms with Crippen molar-refractivity contribution in [3.8, 4) is 5.75 Å². The highest BCUT2D eigenvalue weighted by Gasteiger charge is 2.23. The number of rotatable bonds is 5. The summed E-state index contributed by atoms with van der Waals surface area (Å²) in [6, 6.07) is 14.8. The van der Waals surface area contributed by atoms with E-state index in [2.05, 4.69) is 4.90 Å². The van der Waals surface area contributed by atoms with E-state index in [1.807, 2.05) is 30.3 Å². The van der Waals surface area contributed by atoms with Gasteiger partial charge in [-0.15, -0.1) is 0 Å². The zero-order valence-corrected chi connectivity index (χ0v) is 12.7. The average Bonchev–Trinajstić information content (AvgIpc) is 3.05. The molecule has 2 aromatic carbocycles. The lowest BCUT2D eigenvalue weighted by molar-refractivity contribution is 0.178. The van der Waals surface area contributed by atoms with E-state index in [4.69, 9.17) is 0 Å². The van der Waals surface area contributed by atoms with E-state index in [-0.39, 0.29) is 5.82 Å². The fourth-order valence-corrected chi connectivity index (χ4v) is 3.27. The predicted molar refractivity (Wildman–Crippen MR) is 86.0 cm³/mol. The molecule has 116 valence electrons. The highest BCUT2D eigenvalue weighted by Crippen LogP contribution is 2.28. The molecule has 0 radical (unpaired) electrons. The predicted octanol–water partition coefficient (Wildman–Crippen LogP) is 4.48. The lowest BCUT2D eigenvalue weighted by Crippen LogP contribution is -2.32. The van der Waals surface area contributed by atoms with Crippen LogP contribution in [0.1, 0.15) is 36.8 Å². The maximum Gasteiger partial charge on any atom is 0.123 e. The monoisotopic (exact) mass is 299 g/mol. The molecular weight excluding hydrogens is 277 g/mol. The number of para-hydroxylation sites is 1. The maximum absolute atomic E-state index is 13.1. The summed E-state index contributed by atoms with van der Waals surface area (Å²) in [4.78, 5) is 2.41. The second-order valence-electron chi connectivity index (χ2n) is 6.10. The van der Waals surface area contributed by atoms with Gasteiger partial charge < -0.3 is 5.11 Å². The number of phenols is 1. The Morgan fingerprint density at radius 3 is 2.32 bits per heavy atom. The van der Waals surface area contributed by atoms with E-state index in [0.717, 1.165) is 24.2 Å². The molecule has 2 aromatic rings. The summed E-state index contributed by atoms with van der Waals surface area (Å²) in [7, 11) is 0. The molecular formula is C19H22FNO. The van der Waals surface area contributed by atoms with Crippen LogP contribution >= 0.6 is 0 Å². The van der Waals surface area contributed by atoms with Crippen LogP contribution in [0.15, 0.2) is 48.5 Å². The number of phenolic OH excluding ortho intramolecular Hbond substituents is 1. The maximum atomic E-state index is 13.1. The molecule has 1 N–H and O–H groups in total. The smallest absolute Gasteiger partial charge is 0.123 e. The van der Waals surface area contributed by atoms with Gasteiger partial charge in [0.15, 0.2) is 0 Å². The third kappa shape index (κ3) is 3.66. The molecule has 3 heteroatoms. The quantitative estimate of drug-likeness (QED) is 0.880. The van der Waals surface area contributed by atoms with Crippen LogP contribution in [-0.4, -0.2) is 16.0 Å². The van der Waals surface area contributed by atoms with Crippen molar-refractivity contribution in [3.63, 3.8) is 0 Å². The van der Waals surface area contributed by atoms with Crippen LogP contribution in [-0.2, 0) is 13.1 Å². The van der Waals surface area contributed by atoms with Crippen LogP contribution in [0.25, 0.3) is 0 Å². The van der Waals surface area contributed by atoms with Gasteiger partial charge in [0.2, 0.25) is 0 Å². The minimum absolute atomic E-state index is 0.197. The third-order valence-electron chi connectivity index (χ3n) is 4.51. The van der Waals surface area contributed by atoms with E-state index in [1.54, 1.807) is 6.07 Å². The molecule has 0 amide bonds. The van der Waals surface area contributed by atoms with Crippen molar-refractivity contribution < 1.29 is 9.50 Å². The van der Waals surface area contributed by atoms with Crippen LogP contribution in [0.4, 0.5) is 4.39 Å². The van der Waals surface area contributed by atoms with Crippen molar-refractivity contribution in [2.24, 2.45) is 0 Å². The zero-order chi connectivity index (χ0) is 15.4. The summed E-state index contributed by atoms with van der Waals surface area (Å²) < 4.78 is 13.1. The van der Waals surface area contributed by atoms with E-state index in [9.17, 15) is 9.50 Å². The lowest BCUT2D eigenvalue weighted by Gasteiger charge is -2.29. The van der Waals surface area contributed by atoms with Gasteiger partial charge in [0.05, 0.1) is 0 Å². The highest BCUT2D eigenvalue weighted by atomic mass is 19.1. The summed E-state index contributed by atoms with van der Waals surface area (Å²) >= 11 is 0. The van der Waals surface area contributed by atoms with Crippen molar-refractivity contribution in [1.82, 2.24) is 4.90 Å². The molecule has 0 atom stereocenters. The van der Waals surface area contributed by atoms with Crippen LogP contribution in [0, 0.1) is 5.82 Å². The fourth-order valence-electron chi connectivity index (χ4n) is 3.27. The van der Waals surface area contributed by atoms with Crippen LogP contribution in [0.5, 0.6) is 5.75 Å². The Kier molecular flexibility index (Phi) is 4.74. The zero-order valence-electron chi connectivity index (χ0n) is 12.7. The molecule has 0 heterocycles. The van der Waals surface area contributed by atoms with Gasteiger partial charge in [-0.1, -0.05) is 43.2 Å². The van der Waals surface area contributed by atoms with Crippen LogP contribution < -0.4 is 0 Å². The molecule has 2 nitrogen and oxygen atoms in total. The van der Waals surface area contributed by atoms with E-state index in [1.165, 1.54) is 37.8 Å². The van der Waals surface area contributed by atoms with Gasteiger partial charge in [0.1, 0.15) is 11.6 Å². The molecule has 0 aliphatic heterocycles. The standard InChI is InChI=1S/C19H22FNO/c20-17-11-9-15(10-12-17)13-21(18-6-2-3-7-18)14-16-5-1-4-8-19(16)22/h1,4-5,8-12,18,22H,2-3,6-7,13-14H2. The highest BCUT2D eigenvalue weighted by molar-refractivity contribution is 5.31. The first kappa shape index (κ1) is 15.0. The van der Waals surface area contributed by atoms with Crippen molar-refractivity contribution in [1.29, 1.82) is 0 Å². The Labute approximate surface area is 131 Å². The summed E-state index contributed by atoms with van der Waals surface area (Å²) in [6.07, 6.45) is 4.94. The first-order valence-corrected chi connectivity index (χ1v) is 7.98. The average molecular weight is 299 g/mol. The number of benzene rings is 2. The van der Waals surface area contributed by atoms with Crippen molar-refractivity contribution in [2.45, 2.75) is 44.8 Å². The molecule has 3 rings (SSSR count). The van der Waals surface area contributed by atoms with Crippen molar-refractivity contribution in [3.05, 3.63) is 65.5 Å². The number of nitrogens with zero attached hydrogens (tertiary/aromatic N) is 1. The molecule has 0 spiro atoms. The van der Waals surface area contributed by atoms with E-state index in [0.29, 0.717) is 11.8 Å². The molecule has 0 aromatic heterocycles. The summed E-state index contributed by atoms with van der Waals surface area (Å²) in [5, 5.41) is 10.0. The molecule has 1 aliphatic carbocycles. The van der Waals surface area contributed by atoms with Crippen LogP contribution in [0.3, 0.4) is 0 Å². The normalized spacial score (nSPS) is 15.5. The van der Waals surface area contributed by atoms with Gasteiger partial charge in [0.25, 0.3) is 0 Å². The number of halogens is 1. The van der Waals surface area contributed by atoms with E-state index < -0.39 is 0 Å². The first-order valence-electron chi connectivity index (χ1n) is 7.98. The van der Waals surface area contributed by atoms with Gasteiger partial charge in [-0.25, -0.2) is 4.39 Å². The molecule has 1 aliphatic rings. The van der Waals surface area contributed by atoms with Gasteiger partial charge in [-0.2, -0.15) is 0 Å². The minimum atomic E-state index is -0.197. The van der Waals surface area contributed by atoms with Gasteiger partial charge in [-0.3, -0.25) is 4.90 Å². The first-order chi connectivity index (χ1) is 10.7. The minimum Gasteiger partial charge on any atom is -0.508 e. The molecule has 1 fully saturated rings. The Morgan fingerprint density at radius 2 is 1.64 bits per heavy atom. The van der Waals surface area contributed by atoms with Crippen LogP contribution in [0.2, 0.25) is 0 Å². The molecule has 0 bridgehead atoms. The second-order valence-corrected chi connectivity index (χ2v) is 6.10. The van der Waals surface area contributed by atoms with E-state index >= 15 is 0 Å². The number of hydrogen-bond donors (Lipinski definition) is 1. The largest absolute Gasteiger partial charge is 0.508 e. The van der Waals surface area contributed by atoms with Gasteiger partial charge >= 0.3 is 0 Å². The molecule has 1 saturated carbocycles. The Balaban J connectivity index is 1.77. The topological polar surface area (TPSA) is 23.5 Å². The lowest BCUT2D eigenvalue weighted by atomic mass is 10.1. The van der Waals surface area contributed by atoms with Crippen molar-refractivity contribution in [2.75, 3.05) is 0 Å². The molecule has 0 saturated heterocycles. The van der Waals surface area contributed by atoms with Gasteiger partial charge in [0, 0.05) is 24.7 Å². The second kappa shape index (κ2) is 6.93. The summed E-state index contributed by atoms with van der Waals surface area (Å²) in [5.74, 6) is 0.154. The Hall–Kier alpha value is -1.87. The Morgan fingerprint density at radius 1 is 0.955 bits per heavy atom.